The monoisotopic (exact) mass is 1570 g/mol. The zero-order chi connectivity index (χ0) is 81.6. The van der Waals surface area contributed by atoms with Crippen LogP contribution in [-0.2, 0) is 47.4 Å². The minimum Gasteiger partial charge on any atom is -0.504 e. The highest BCUT2D eigenvalue weighted by molar-refractivity contribution is 6.16. The quantitative estimate of drug-likeness (QED) is 0.0634. The Morgan fingerprint density at radius 1 is 0.312 bits per heavy atom. The molecule has 584 valence electrons. The number of ether oxygens (including phenoxy) is 10. The number of phenols is 24. The van der Waals surface area contributed by atoms with Gasteiger partial charge in [0.1, 0.15) is 24.9 Å². The Kier molecular flexibility index (Phi) is 17.9. The van der Waals surface area contributed by atoms with Crippen LogP contribution in [-0.4, -0.2) is 255 Å². The predicted octanol–water partition coefficient (Wildman–Crippen LogP) is 1.33. The Hall–Kier alpha value is -15.4. The second-order valence-corrected chi connectivity index (χ2v) is 24.6. The fraction of sp³-hybridized carbons (Fsp3) is 0.176. The molecule has 2 fully saturated rings. The average molecular weight is 1570 g/mol. The summed E-state index contributed by atoms with van der Waals surface area (Å²) < 4.78 is 56.6. The van der Waals surface area contributed by atoms with Crippen LogP contribution in [0.5, 0.6) is 138 Å². The molecule has 0 saturated carbocycles. The lowest BCUT2D eigenvalue weighted by Crippen LogP contribution is -2.63. The van der Waals surface area contributed by atoms with Gasteiger partial charge >= 0.3 is 47.8 Å². The third-order valence-corrected chi connectivity index (χ3v) is 18.2. The maximum atomic E-state index is 16.1. The fourth-order valence-corrected chi connectivity index (χ4v) is 12.9. The van der Waals surface area contributed by atoms with E-state index in [0.29, 0.717) is 30.3 Å². The van der Waals surface area contributed by atoms with Crippen LogP contribution >= 0.6 is 0 Å². The molecule has 112 heavy (non-hydrogen) atoms. The number of rotatable bonds is 6. The van der Waals surface area contributed by atoms with Gasteiger partial charge in [0.2, 0.25) is 65.0 Å². The summed E-state index contributed by atoms with van der Waals surface area (Å²) in [6, 6.07) is 2.22. The largest absolute Gasteiger partial charge is 0.504 e. The number of esters is 8. The molecular weight excluding hydrogens is 1520 g/mol. The molecule has 8 aromatic rings. The number of aromatic hydroxyl groups is 24. The number of hydrogen-bond donors (Lipinski definition) is 26. The molecule has 0 radical (unpaired) electrons. The first-order valence-electron chi connectivity index (χ1n) is 31.2. The summed E-state index contributed by atoms with van der Waals surface area (Å²) in [7, 11) is 0. The third-order valence-electron chi connectivity index (χ3n) is 18.2. The number of phenolic OH excluding ortho intramolecular Hbond substituents is 24. The van der Waals surface area contributed by atoms with Gasteiger partial charge in [0.15, 0.2) is 116 Å². The molecule has 44 heteroatoms. The van der Waals surface area contributed by atoms with Gasteiger partial charge in [0.05, 0.1) is 51.1 Å². The lowest BCUT2D eigenvalue weighted by molar-refractivity contribution is -0.283. The van der Waals surface area contributed by atoms with Crippen LogP contribution < -0.4 is 0 Å². The first kappa shape index (κ1) is 74.8. The van der Waals surface area contributed by atoms with Crippen LogP contribution in [0.2, 0.25) is 0 Å². The number of hydrogen-bond acceptors (Lipinski definition) is 44. The number of aliphatic hydroxyl groups is 2. The van der Waals surface area contributed by atoms with E-state index < -0.39 is 349 Å². The summed E-state index contributed by atoms with van der Waals surface area (Å²) in [6.45, 7) is -2.96. The number of benzene rings is 8. The molecule has 0 amide bonds. The molecule has 0 aromatic heterocycles. The van der Waals surface area contributed by atoms with Gasteiger partial charge in [-0.25, -0.2) is 38.4 Å². The van der Waals surface area contributed by atoms with Gasteiger partial charge in [-0.2, -0.15) is 0 Å². The SMILES string of the molecule is O=C(O[C@@H]1O[C@@H]2COC(=O)c3cc(O)c(O)c(O)c3-c3c(cc(O)c(O)c3O)C(=O)O[C@H]2[C@@H]2OC(=O)c3cc(O)c(O)c(O)c3-c3c(O)c(O)c(O)c(-c4c(C(=O)O[C@@H]5O[C@H](CO)[C@@H](O)[C@@H]6OC(=O)c7cc(O)c(O)c(O)c7-c7c(cc(O)c(O)c7O)C(=O)O[C@@H]56)cc(O)c(O)c4O)c3C(=O)O[C@@H]12)c1cc(O)c(O)c(O)c1. The second-order valence-electron chi connectivity index (χ2n) is 24.6. The summed E-state index contributed by atoms with van der Waals surface area (Å²) >= 11 is 0. The maximum absolute atomic E-state index is 16.1. The van der Waals surface area contributed by atoms with E-state index in [1.165, 1.54) is 0 Å². The van der Waals surface area contributed by atoms with Gasteiger partial charge in [0.25, 0.3) is 0 Å². The van der Waals surface area contributed by atoms with Gasteiger partial charge in [-0.05, 0) is 48.5 Å². The number of fused-ring (bicyclic) bond motifs is 13. The molecule has 44 nitrogen and oxygen atoms in total. The lowest BCUT2D eigenvalue weighted by atomic mass is 9.84. The highest BCUT2D eigenvalue weighted by Gasteiger charge is 2.58. The minimum atomic E-state index is -3.10. The van der Waals surface area contributed by atoms with Crippen molar-refractivity contribution >= 4 is 47.8 Å². The van der Waals surface area contributed by atoms with Crippen molar-refractivity contribution in [3.8, 4) is 182 Å². The number of carbonyl (C=O) groups excluding carboxylic acids is 8. The van der Waals surface area contributed by atoms with Crippen molar-refractivity contribution in [3.05, 3.63) is 93.0 Å². The highest BCUT2D eigenvalue weighted by atomic mass is 16.8. The molecule has 5 aliphatic rings. The van der Waals surface area contributed by atoms with Gasteiger partial charge in [-0.3, -0.25) is 0 Å². The topological polar surface area (TPSA) is 755 Å². The van der Waals surface area contributed by atoms with Crippen molar-refractivity contribution in [1.82, 2.24) is 0 Å². The number of cyclic esters (lactones) is 1. The maximum Gasteiger partial charge on any atom is 0.341 e. The highest BCUT2D eigenvalue weighted by Crippen LogP contribution is 2.61. The van der Waals surface area contributed by atoms with Crippen LogP contribution in [0.4, 0.5) is 0 Å². The van der Waals surface area contributed by atoms with Crippen molar-refractivity contribution in [2.24, 2.45) is 0 Å². The molecular formula is C68H48O44. The van der Waals surface area contributed by atoms with Gasteiger partial charge in [-0.1, -0.05) is 0 Å². The van der Waals surface area contributed by atoms with Crippen LogP contribution in [0.15, 0.2) is 48.5 Å². The molecule has 26 N–H and O–H groups in total. The zero-order valence-corrected chi connectivity index (χ0v) is 54.8. The molecule has 8 aromatic carbocycles. The molecule has 0 bridgehead atoms. The Morgan fingerprint density at radius 3 is 1.05 bits per heavy atom. The predicted molar refractivity (Wildman–Crippen MR) is 345 cm³/mol. The second kappa shape index (κ2) is 26.8. The molecule has 5 heterocycles. The molecule has 0 aliphatic carbocycles. The standard InChI is InChI=1S/C68H48O44/c69-9-26-44(85)55-57(109-64(100)15-6-23(75)41(82)48(89)31(15)30-14(62(98)107-55)5-22(74)40(81)47(30)88)67(104-26)112-65(101)17-8-25(77)43(84)50(91)33(17)35-36-34(51(92)53(94)52(35)93)32-16(7-24(76)42(83)49(32)90)63(99)108-56-54-27(105-68(58(56)110-66(36)102)111-59(95)11-1-18(70)37(78)19(71)2-11)10-103-60(96)12-3-20(72)38(79)45(86)28(12)29-13(61(97)106-54)4-21(73)39(80)46(29)87/h1-8,26-27,44,54-58,67-94H,9-10H2/t26-,27-,44-,54-,55+,56+,57-,58-,67+,68+/m1/s1. The summed E-state index contributed by atoms with van der Waals surface area (Å²) in [6.07, 6.45) is -27.5. The van der Waals surface area contributed by atoms with E-state index in [1.807, 2.05) is 0 Å². The van der Waals surface area contributed by atoms with Crippen molar-refractivity contribution < 1.29 is 218 Å². The van der Waals surface area contributed by atoms with Gasteiger partial charge < -0.3 is 180 Å². The van der Waals surface area contributed by atoms with Crippen LogP contribution in [0, 0.1) is 0 Å². The van der Waals surface area contributed by atoms with E-state index in [2.05, 4.69) is 0 Å². The minimum absolute atomic E-state index is 0.0466. The van der Waals surface area contributed by atoms with Crippen molar-refractivity contribution in [2.45, 2.75) is 61.4 Å². The number of carbonyl (C=O) groups is 8. The Labute approximate surface area is 614 Å². The lowest BCUT2D eigenvalue weighted by Gasteiger charge is -2.44. The van der Waals surface area contributed by atoms with Crippen molar-refractivity contribution in [2.75, 3.05) is 13.2 Å². The van der Waals surface area contributed by atoms with E-state index in [0.717, 1.165) is 0 Å². The van der Waals surface area contributed by atoms with Gasteiger partial charge in [0, 0.05) is 44.5 Å². The van der Waals surface area contributed by atoms with Gasteiger partial charge in [-0.15, -0.1) is 0 Å². The first-order chi connectivity index (χ1) is 52.7. The summed E-state index contributed by atoms with van der Waals surface area (Å²) in [5.74, 6) is -55.2. The first-order valence-corrected chi connectivity index (χ1v) is 31.2. The summed E-state index contributed by atoms with van der Waals surface area (Å²) in [4.78, 5) is 120. The molecule has 10 atom stereocenters. The normalized spacial score (nSPS) is 21.3. The van der Waals surface area contributed by atoms with Crippen molar-refractivity contribution in [3.63, 3.8) is 0 Å². The Bertz CT molecular complexity index is 5520. The van der Waals surface area contributed by atoms with Crippen LogP contribution in [0.25, 0.3) is 44.5 Å². The van der Waals surface area contributed by atoms with E-state index in [-0.39, 0.29) is 18.2 Å². The smallest absolute Gasteiger partial charge is 0.341 e. The van der Waals surface area contributed by atoms with E-state index in [4.69, 9.17) is 47.4 Å². The van der Waals surface area contributed by atoms with E-state index >= 15 is 19.2 Å². The van der Waals surface area contributed by atoms with E-state index in [9.17, 15) is 152 Å². The van der Waals surface area contributed by atoms with Crippen molar-refractivity contribution in [1.29, 1.82) is 0 Å². The van der Waals surface area contributed by atoms with E-state index in [1.54, 1.807) is 0 Å². The molecule has 0 spiro atoms. The third kappa shape index (κ3) is 11.6. The Morgan fingerprint density at radius 2 is 0.625 bits per heavy atom. The summed E-state index contributed by atoms with van der Waals surface area (Å²) in [5.41, 5.74) is -22.9. The molecule has 2 saturated heterocycles. The fourth-order valence-electron chi connectivity index (χ4n) is 12.9. The Balaban J connectivity index is 1.01. The average Bonchev–Trinajstić information content (AvgIpc) is 0.788. The molecule has 13 rings (SSSR count). The molecule has 5 aliphatic heterocycles. The zero-order valence-electron chi connectivity index (χ0n) is 54.8. The molecule has 0 unspecified atom stereocenters. The van der Waals surface area contributed by atoms with Crippen LogP contribution in [0.3, 0.4) is 0 Å². The van der Waals surface area contributed by atoms with Crippen LogP contribution in [0.1, 0.15) is 82.9 Å². The summed E-state index contributed by atoms with van der Waals surface area (Å²) in [5, 5.41) is 289. The number of aliphatic hydroxyl groups excluding tert-OH is 2.